The summed E-state index contributed by atoms with van der Waals surface area (Å²) in [6.07, 6.45) is 2.67. The number of hydrogen-bond acceptors (Lipinski definition) is 4. The van der Waals surface area contributed by atoms with Gasteiger partial charge >= 0.3 is 0 Å². The van der Waals surface area contributed by atoms with E-state index in [0.717, 1.165) is 50.3 Å². The third-order valence-electron chi connectivity index (χ3n) is 5.24. The van der Waals surface area contributed by atoms with Crippen LogP contribution < -0.4 is 5.32 Å². The molecule has 0 bridgehead atoms. The highest BCUT2D eigenvalue weighted by atomic mass is 16.2. The molecular formula is C20H25N5O2. The first-order valence-corrected chi connectivity index (χ1v) is 9.50. The van der Waals surface area contributed by atoms with Crippen molar-refractivity contribution in [1.82, 2.24) is 20.0 Å². The Bertz CT molecular complexity index is 834. The normalized spacial score (nSPS) is 17.7. The summed E-state index contributed by atoms with van der Waals surface area (Å²) in [6.45, 7) is 3.37. The molecule has 7 heteroatoms. The lowest BCUT2D eigenvalue weighted by molar-refractivity contribution is -0.132. The van der Waals surface area contributed by atoms with Gasteiger partial charge in [0.25, 0.3) is 5.91 Å². The van der Waals surface area contributed by atoms with Gasteiger partial charge in [-0.1, -0.05) is 12.1 Å². The van der Waals surface area contributed by atoms with Crippen molar-refractivity contribution in [2.24, 2.45) is 0 Å². The van der Waals surface area contributed by atoms with E-state index in [1.165, 1.54) is 0 Å². The van der Waals surface area contributed by atoms with Crippen LogP contribution in [0.3, 0.4) is 0 Å². The molecule has 7 nitrogen and oxygen atoms in total. The number of amides is 2. The molecule has 0 atom stereocenters. The number of nitrogens with zero attached hydrogens (tertiary/aromatic N) is 3. The van der Waals surface area contributed by atoms with Gasteiger partial charge in [0, 0.05) is 43.5 Å². The van der Waals surface area contributed by atoms with Gasteiger partial charge in [-0.05, 0) is 43.7 Å². The van der Waals surface area contributed by atoms with Crippen molar-refractivity contribution in [2.75, 3.05) is 38.5 Å². The molecule has 2 heterocycles. The zero-order valence-corrected chi connectivity index (χ0v) is 15.6. The molecule has 2 aliphatic rings. The van der Waals surface area contributed by atoms with E-state index >= 15 is 0 Å². The highest BCUT2D eigenvalue weighted by Crippen LogP contribution is 2.39. The minimum Gasteiger partial charge on any atom is -0.340 e. The van der Waals surface area contributed by atoms with Crippen LogP contribution in [0, 0.1) is 0 Å². The van der Waals surface area contributed by atoms with Gasteiger partial charge in [0.1, 0.15) is 0 Å². The van der Waals surface area contributed by atoms with Crippen LogP contribution >= 0.6 is 0 Å². The molecule has 0 unspecified atom stereocenters. The molecule has 2 N–H and O–H groups in total. The van der Waals surface area contributed by atoms with Crippen LogP contribution in [0.1, 0.15) is 40.5 Å². The maximum atomic E-state index is 12.5. The third-order valence-corrected chi connectivity index (χ3v) is 5.24. The Labute approximate surface area is 158 Å². The Morgan fingerprint density at radius 3 is 2.70 bits per heavy atom. The molecule has 1 aliphatic heterocycles. The molecule has 2 aromatic rings. The van der Waals surface area contributed by atoms with Crippen LogP contribution in [0.15, 0.2) is 30.3 Å². The lowest BCUT2D eigenvalue weighted by Crippen LogP contribution is -2.47. The van der Waals surface area contributed by atoms with Gasteiger partial charge in [0.2, 0.25) is 5.91 Å². The third kappa shape index (κ3) is 4.36. The first kappa shape index (κ1) is 17.7. The molecule has 1 aromatic carbocycles. The summed E-state index contributed by atoms with van der Waals surface area (Å²) in [5.74, 6) is 0.427. The van der Waals surface area contributed by atoms with Crippen LogP contribution in [-0.4, -0.2) is 65.0 Å². The van der Waals surface area contributed by atoms with E-state index in [0.29, 0.717) is 23.7 Å². The molecule has 142 valence electrons. The Balaban J connectivity index is 1.36. The summed E-state index contributed by atoms with van der Waals surface area (Å²) in [5, 5.41) is 9.93. The molecule has 1 aromatic heterocycles. The van der Waals surface area contributed by atoms with E-state index in [-0.39, 0.29) is 11.8 Å². The van der Waals surface area contributed by atoms with Crippen LogP contribution in [-0.2, 0) is 11.2 Å². The number of H-pyrrole nitrogens is 1. The van der Waals surface area contributed by atoms with E-state index in [1.54, 1.807) is 0 Å². The summed E-state index contributed by atoms with van der Waals surface area (Å²) in [5.41, 5.74) is 3.01. The summed E-state index contributed by atoms with van der Waals surface area (Å²) in [7, 11) is 2.07. The zero-order valence-electron chi connectivity index (χ0n) is 15.6. The van der Waals surface area contributed by atoms with Gasteiger partial charge < -0.3 is 15.1 Å². The standard InChI is InChI=1S/C20H25N5O2/c1-24-7-9-25(10-8-24)19(26)12-14-3-2-4-16(11-14)21-20(27)18-13-17(22-23-18)15-5-6-15/h2-4,11,13,15H,5-10,12H2,1H3,(H,21,27)(H,22,23). The van der Waals surface area contributed by atoms with E-state index < -0.39 is 0 Å². The molecule has 0 radical (unpaired) electrons. The molecule has 1 aliphatic carbocycles. The predicted octanol–water partition coefficient (Wildman–Crippen LogP) is 1.86. The van der Waals surface area contributed by atoms with Gasteiger partial charge in [-0.25, -0.2) is 0 Å². The van der Waals surface area contributed by atoms with Gasteiger partial charge in [-0.15, -0.1) is 0 Å². The minimum absolute atomic E-state index is 0.132. The smallest absolute Gasteiger partial charge is 0.276 e. The number of aromatic amines is 1. The zero-order chi connectivity index (χ0) is 18.8. The monoisotopic (exact) mass is 367 g/mol. The van der Waals surface area contributed by atoms with Crippen molar-refractivity contribution in [3.05, 3.63) is 47.3 Å². The first-order chi connectivity index (χ1) is 13.1. The molecule has 2 fully saturated rings. The van der Waals surface area contributed by atoms with Crippen molar-refractivity contribution in [2.45, 2.75) is 25.2 Å². The van der Waals surface area contributed by atoms with Crippen LogP contribution in [0.5, 0.6) is 0 Å². The minimum atomic E-state index is -0.235. The predicted molar refractivity (Wildman–Crippen MR) is 103 cm³/mol. The number of carbonyl (C=O) groups excluding carboxylic acids is 2. The fourth-order valence-electron chi connectivity index (χ4n) is 3.35. The number of carbonyl (C=O) groups is 2. The molecule has 1 saturated heterocycles. The number of aromatic nitrogens is 2. The Hall–Kier alpha value is -2.67. The van der Waals surface area contributed by atoms with Gasteiger partial charge in [0.05, 0.1) is 6.42 Å². The number of rotatable bonds is 5. The topological polar surface area (TPSA) is 81.3 Å². The van der Waals surface area contributed by atoms with Crippen molar-refractivity contribution in [3.8, 4) is 0 Å². The van der Waals surface area contributed by atoms with Gasteiger partial charge in [-0.2, -0.15) is 5.10 Å². The summed E-state index contributed by atoms with van der Waals surface area (Å²) >= 11 is 0. The second kappa shape index (κ2) is 7.52. The molecular weight excluding hydrogens is 342 g/mol. The maximum Gasteiger partial charge on any atom is 0.276 e. The van der Waals surface area contributed by atoms with Crippen molar-refractivity contribution in [3.63, 3.8) is 0 Å². The van der Waals surface area contributed by atoms with Gasteiger partial charge in [-0.3, -0.25) is 14.7 Å². The summed E-state index contributed by atoms with van der Waals surface area (Å²) < 4.78 is 0. The highest BCUT2D eigenvalue weighted by molar-refractivity contribution is 6.03. The summed E-state index contributed by atoms with van der Waals surface area (Å²) in [4.78, 5) is 29.1. The largest absolute Gasteiger partial charge is 0.340 e. The fraction of sp³-hybridized carbons (Fsp3) is 0.450. The number of likely N-dealkylation sites (N-methyl/N-ethyl adjacent to an activating group) is 1. The van der Waals surface area contributed by atoms with Gasteiger partial charge in [0.15, 0.2) is 5.69 Å². The average Bonchev–Trinajstić information content (AvgIpc) is 3.39. The first-order valence-electron chi connectivity index (χ1n) is 9.50. The molecule has 1 saturated carbocycles. The van der Waals surface area contributed by atoms with Crippen LogP contribution in [0.25, 0.3) is 0 Å². The van der Waals surface area contributed by atoms with Crippen LogP contribution in [0.2, 0.25) is 0 Å². The van der Waals surface area contributed by atoms with Crippen molar-refractivity contribution >= 4 is 17.5 Å². The number of benzene rings is 1. The van der Waals surface area contributed by atoms with Crippen LogP contribution in [0.4, 0.5) is 5.69 Å². The Kier molecular flexibility index (Phi) is 4.94. The SMILES string of the molecule is CN1CCN(C(=O)Cc2cccc(NC(=O)c3cc(C4CC4)[nH]n3)c2)CC1. The van der Waals surface area contributed by atoms with E-state index in [9.17, 15) is 9.59 Å². The van der Waals surface area contributed by atoms with E-state index in [4.69, 9.17) is 0 Å². The number of hydrogen-bond donors (Lipinski definition) is 2. The maximum absolute atomic E-state index is 12.5. The lowest BCUT2D eigenvalue weighted by Gasteiger charge is -2.32. The Morgan fingerprint density at radius 1 is 1.19 bits per heavy atom. The summed E-state index contributed by atoms with van der Waals surface area (Å²) in [6, 6.07) is 9.30. The number of piperazine rings is 1. The van der Waals surface area contributed by atoms with E-state index in [2.05, 4.69) is 27.5 Å². The van der Waals surface area contributed by atoms with Crippen molar-refractivity contribution in [1.29, 1.82) is 0 Å². The molecule has 2 amide bonds. The second-order valence-electron chi connectivity index (χ2n) is 7.50. The average molecular weight is 367 g/mol. The van der Waals surface area contributed by atoms with Crippen molar-refractivity contribution < 1.29 is 9.59 Å². The van der Waals surface area contributed by atoms with E-state index in [1.807, 2.05) is 35.2 Å². The quantitative estimate of drug-likeness (QED) is 0.845. The highest BCUT2D eigenvalue weighted by Gasteiger charge is 2.26. The number of anilines is 1. The lowest BCUT2D eigenvalue weighted by atomic mass is 10.1. The molecule has 4 rings (SSSR count). The molecule has 0 spiro atoms. The molecule has 27 heavy (non-hydrogen) atoms. The fourth-order valence-corrected chi connectivity index (χ4v) is 3.35. The number of nitrogens with one attached hydrogen (secondary N) is 2. The Morgan fingerprint density at radius 2 is 1.96 bits per heavy atom. The second-order valence-corrected chi connectivity index (χ2v) is 7.50.